The second-order valence-corrected chi connectivity index (χ2v) is 5.91. The maximum atomic E-state index is 12.3. The number of benzene rings is 1. The van der Waals surface area contributed by atoms with Crippen LogP contribution in [0.4, 0.5) is 11.4 Å². The van der Waals surface area contributed by atoms with E-state index in [1.807, 2.05) is 24.0 Å². The third-order valence-corrected chi connectivity index (χ3v) is 4.06. The molecule has 2 aromatic rings. The van der Waals surface area contributed by atoms with Crippen molar-refractivity contribution in [2.24, 2.45) is 0 Å². The van der Waals surface area contributed by atoms with Gasteiger partial charge in [0.15, 0.2) is 5.76 Å². The Morgan fingerprint density at radius 1 is 1.08 bits per heavy atom. The van der Waals surface area contributed by atoms with Crippen molar-refractivity contribution < 1.29 is 14.0 Å². The van der Waals surface area contributed by atoms with Crippen LogP contribution in [0.15, 0.2) is 47.1 Å². The number of rotatable bonds is 5. The van der Waals surface area contributed by atoms with Gasteiger partial charge in [0.05, 0.1) is 6.26 Å². The van der Waals surface area contributed by atoms with Gasteiger partial charge in [0.2, 0.25) is 5.91 Å². The Morgan fingerprint density at radius 2 is 1.75 bits per heavy atom. The fourth-order valence-electron chi connectivity index (χ4n) is 2.77. The first-order valence-electron chi connectivity index (χ1n) is 8.14. The fourth-order valence-corrected chi connectivity index (χ4v) is 2.77. The summed E-state index contributed by atoms with van der Waals surface area (Å²) < 4.78 is 5.05. The summed E-state index contributed by atoms with van der Waals surface area (Å²) >= 11 is 0. The van der Waals surface area contributed by atoms with Crippen LogP contribution < -0.4 is 10.6 Å². The molecule has 1 atom stereocenters. The minimum atomic E-state index is -0.293. The van der Waals surface area contributed by atoms with Crippen LogP contribution in [0.3, 0.4) is 0 Å². The van der Waals surface area contributed by atoms with Crippen LogP contribution in [0.25, 0.3) is 0 Å². The lowest BCUT2D eigenvalue weighted by molar-refractivity contribution is -0.130. The molecule has 2 heterocycles. The fraction of sp³-hybridized carbons (Fsp3) is 0.333. The van der Waals surface area contributed by atoms with Crippen LogP contribution >= 0.6 is 0 Å². The lowest BCUT2D eigenvalue weighted by Crippen LogP contribution is -2.39. The van der Waals surface area contributed by atoms with E-state index < -0.39 is 0 Å². The Hall–Kier alpha value is -2.76. The summed E-state index contributed by atoms with van der Waals surface area (Å²) in [6.45, 7) is 3.57. The van der Waals surface area contributed by atoms with Crippen LogP contribution in [0.5, 0.6) is 0 Å². The number of nitrogens with zero attached hydrogens (tertiary/aromatic N) is 1. The highest BCUT2D eigenvalue weighted by atomic mass is 16.3. The molecular formula is C18H21N3O3. The first kappa shape index (κ1) is 16.1. The van der Waals surface area contributed by atoms with Crippen LogP contribution in [-0.2, 0) is 4.79 Å². The van der Waals surface area contributed by atoms with E-state index in [4.69, 9.17) is 4.42 Å². The largest absolute Gasteiger partial charge is 0.459 e. The molecule has 0 aliphatic carbocycles. The summed E-state index contributed by atoms with van der Waals surface area (Å²) in [7, 11) is 0. The van der Waals surface area contributed by atoms with Gasteiger partial charge >= 0.3 is 0 Å². The first-order chi connectivity index (χ1) is 11.6. The third-order valence-electron chi connectivity index (χ3n) is 4.06. The lowest BCUT2D eigenvalue weighted by atomic mass is 10.2. The number of nitrogens with one attached hydrogen (secondary N) is 2. The molecule has 1 fully saturated rings. The van der Waals surface area contributed by atoms with E-state index in [1.165, 1.54) is 6.26 Å². The normalized spacial score (nSPS) is 15.1. The maximum absolute atomic E-state index is 12.3. The second-order valence-electron chi connectivity index (χ2n) is 5.91. The molecule has 24 heavy (non-hydrogen) atoms. The minimum absolute atomic E-state index is 0.127. The summed E-state index contributed by atoms with van der Waals surface area (Å²) in [6, 6.07) is 10.3. The van der Waals surface area contributed by atoms with Gasteiger partial charge in [-0.3, -0.25) is 9.59 Å². The maximum Gasteiger partial charge on any atom is 0.291 e. The number of hydrogen-bond donors (Lipinski definition) is 2. The first-order valence-corrected chi connectivity index (χ1v) is 8.14. The molecule has 1 aromatic carbocycles. The van der Waals surface area contributed by atoms with Crippen LogP contribution in [0.2, 0.25) is 0 Å². The van der Waals surface area contributed by atoms with E-state index in [1.54, 1.807) is 24.3 Å². The van der Waals surface area contributed by atoms with Crippen molar-refractivity contribution in [3.63, 3.8) is 0 Å². The summed E-state index contributed by atoms with van der Waals surface area (Å²) in [6.07, 6.45) is 3.63. The number of likely N-dealkylation sites (tertiary alicyclic amines) is 1. The van der Waals surface area contributed by atoms with E-state index in [0.717, 1.165) is 31.6 Å². The molecular weight excluding hydrogens is 306 g/mol. The van der Waals surface area contributed by atoms with E-state index >= 15 is 0 Å². The van der Waals surface area contributed by atoms with E-state index in [-0.39, 0.29) is 23.6 Å². The topological polar surface area (TPSA) is 74.6 Å². The van der Waals surface area contributed by atoms with E-state index in [2.05, 4.69) is 10.6 Å². The average molecular weight is 327 g/mol. The standard InChI is InChI=1S/C18H21N3O3/c1-13(18(23)21-10-2-3-11-21)19-14-6-8-15(9-7-14)20-17(22)16-5-4-12-24-16/h4-9,12-13,19H,2-3,10-11H2,1H3,(H,20,22). The summed E-state index contributed by atoms with van der Waals surface area (Å²) in [4.78, 5) is 26.1. The molecule has 0 bridgehead atoms. The van der Waals surface area contributed by atoms with Crippen molar-refractivity contribution >= 4 is 23.2 Å². The van der Waals surface area contributed by atoms with E-state index in [0.29, 0.717) is 5.69 Å². The van der Waals surface area contributed by atoms with Gasteiger partial charge in [-0.2, -0.15) is 0 Å². The molecule has 1 saturated heterocycles. The minimum Gasteiger partial charge on any atom is -0.459 e. The van der Waals surface area contributed by atoms with Crippen molar-refractivity contribution in [1.82, 2.24) is 4.90 Å². The predicted octanol–water partition coefficient (Wildman–Crippen LogP) is 2.95. The molecule has 0 radical (unpaired) electrons. The van der Waals surface area contributed by atoms with Gasteiger partial charge in [-0.15, -0.1) is 0 Å². The molecule has 6 heteroatoms. The van der Waals surface area contributed by atoms with Gasteiger partial charge in [-0.25, -0.2) is 0 Å². The Morgan fingerprint density at radius 3 is 2.38 bits per heavy atom. The number of anilines is 2. The molecule has 6 nitrogen and oxygen atoms in total. The molecule has 126 valence electrons. The van der Waals surface area contributed by atoms with Gasteiger partial charge in [-0.1, -0.05) is 0 Å². The summed E-state index contributed by atoms with van der Waals surface area (Å²) in [5, 5.41) is 5.96. The molecule has 2 amide bonds. The zero-order valence-corrected chi connectivity index (χ0v) is 13.6. The number of amides is 2. The molecule has 0 saturated carbocycles. The highest BCUT2D eigenvalue weighted by molar-refractivity contribution is 6.02. The smallest absolute Gasteiger partial charge is 0.291 e. The van der Waals surface area contributed by atoms with Crippen LogP contribution in [0.1, 0.15) is 30.3 Å². The Kier molecular flexibility index (Phi) is 4.84. The van der Waals surface area contributed by atoms with Gasteiger partial charge in [0.25, 0.3) is 5.91 Å². The zero-order valence-electron chi connectivity index (χ0n) is 13.6. The van der Waals surface area contributed by atoms with Gasteiger partial charge in [-0.05, 0) is 56.2 Å². The van der Waals surface area contributed by atoms with E-state index in [9.17, 15) is 9.59 Å². The highest BCUT2D eigenvalue weighted by Crippen LogP contribution is 2.17. The van der Waals surface area contributed by atoms with Crippen molar-refractivity contribution in [3.8, 4) is 0 Å². The summed E-state index contributed by atoms with van der Waals surface area (Å²) in [5.41, 5.74) is 1.51. The molecule has 1 aromatic heterocycles. The Labute approximate surface area is 140 Å². The lowest BCUT2D eigenvalue weighted by Gasteiger charge is -2.22. The highest BCUT2D eigenvalue weighted by Gasteiger charge is 2.22. The second kappa shape index (κ2) is 7.21. The molecule has 3 rings (SSSR count). The summed E-state index contributed by atoms with van der Waals surface area (Å²) in [5.74, 6) is 0.100. The van der Waals surface area contributed by atoms with Crippen LogP contribution in [0, 0.1) is 0 Å². The quantitative estimate of drug-likeness (QED) is 0.885. The molecule has 2 N–H and O–H groups in total. The van der Waals surface area contributed by atoms with Crippen molar-refractivity contribution in [2.75, 3.05) is 23.7 Å². The Bertz CT molecular complexity index is 689. The number of carbonyl (C=O) groups excluding carboxylic acids is 2. The van der Waals surface area contributed by atoms with Gasteiger partial charge in [0, 0.05) is 24.5 Å². The average Bonchev–Trinajstić information content (AvgIpc) is 3.29. The van der Waals surface area contributed by atoms with Crippen LogP contribution in [-0.4, -0.2) is 35.8 Å². The monoisotopic (exact) mass is 327 g/mol. The van der Waals surface area contributed by atoms with Crippen molar-refractivity contribution in [1.29, 1.82) is 0 Å². The Balaban J connectivity index is 1.56. The number of hydrogen-bond acceptors (Lipinski definition) is 4. The number of carbonyl (C=O) groups is 2. The molecule has 1 unspecified atom stereocenters. The van der Waals surface area contributed by atoms with Crippen molar-refractivity contribution in [2.45, 2.75) is 25.8 Å². The number of furan rings is 1. The van der Waals surface area contributed by atoms with Gasteiger partial charge < -0.3 is 20.0 Å². The SMILES string of the molecule is CC(Nc1ccc(NC(=O)c2ccco2)cc1)C(=O)N1CCCC1. The molecule has 1 aliphatic heterocycles. The predicted molar refractivity (Wildman–Crippen MR) is 92.0 cm³/mol. The third kappa shape index (κ3) is 3.76. The molecule has 1 aliphatic rings. The van der Waals surface area contributed by atoms with Crippen molar-refractivity contribution in [3.05, 3.63) is 48.4 Å². The zero-order chi connectivity index (χ0) is 16.9. The molecule has 0 spiro atoms. The van der Waals surface area contributed by atoms with Gasteiger partial charge in [0.1, 0.15) is 6.04 Å².